The van der Waals surface area contributed by atoms with Gasteiger partial charge in [0.2, 0.25) is 5.78 Å². The van der Waals surface area contributed by atoms with Gasteiger partial charge in [0.05, 0.1) is 17.3 Å². The molecule has 17 nitrogen and oxygen atoms in total. The molecule has 0 bridgehead atoms. The molecule has 0 heterocycles. The van der Waals surface area contributed by atoms with Crippen LogP contribution in [0.4, 0.5) is 11.4 Å². The van der Waals surface area contributed by atoms with E-state index in [4.69, 9.17) is 21.7 Å². The molecule has 0 saturated heterocycles. The van der Waals surface area contributed by atoms with Gasteiger partial charge in [-0.3, -0.25) is 19.9 Å². The number of aromatic hydroxyl groups is 1. The number of fused-ring (bicyclic) bond motifs is 3. The number of carbonyl (C=O) groups excluding carboxylic acids is 3. The number of amides is 1. The second-order valence-corrected chi connectivity index (χ2v) is 12.2. The van der Waals surface area contributed by atoms with Crippen molar-refractivity contribution in [2.75, 3.05) is 38.4 Å². The van der Waals surface area contributed by atoms with Crippen LogP contribution in [0.1, 0.15) is 27.9 Å². The number of hydrogen-bond acceptors (Lipinski definition) is 12. The Morgan fingerprint density at radius 1 is 1.21 bits per heavy atom. The third-order valence-electron chi connectivity index (χ3n) is 9.04. The average molecular weight is 661 g/mol. The van der Waals surface area contributed by atoms with Gasteiger partial charge in [0.25, 0.3) is 0 Å². The lowest BCUT2D eigenvalue weighted by atomic mass is 9.58. The molecule has 2 aromatic carbocycles. The number of carbonyl (C=O) groups is 3. The van der Waals surface area contributed by atoms with Crippen LogP contribution < -0.4 is 26.9 Å². The number of likely N-dealkylation sites (N-methyl/N-ethyl adjacent to an activating group) is 1. The second-order valence-electron chi connectivity index (χ2n) is 12.2. The number of rotatable bonds is 8. The molecule has 0 spiro atoms. The van der Waals surface area contributed by atoms with Gasteiger partial charge in [0.1, 0.15) is 5.76 Å². The highest BCUT2D eigenvalue weighted by Gasteiger charge is 2.64. The normalized spacial score (nSPS) is 23.0. The molecule has 0 radical (unpaired) electrons. The number of anilines is 2. The maximum atomic E-state index is 14.3. The Balaban J connectivity index is 1.60. The number of hydrogen-bond donors (Lipinski definition) is 8. The van der Waals surface area contributed by atoms with Crippen LogP contribution in [0, 0.1) is 17.2 Å². The molecule has 0 fully saturated rings. The summed E-state index contributed by atoms with van der Waals surface area (Å²) in [6.45, 7) is 0.316. The monoisotopic (exact) mass is 660 g/mol. The Kier molecular flexibility index (Phi) is 9.06. The minimum absolute atomic E-state index is 0.0323. The highest BCUT2D eigenvalue weighted by molar-refractivity contribution is 6.25. The van der Waals surface area contributed by atoms with E-state index in [1.54, 1.807) is 39.2 Å². The first-order valence-electron chi connectivity index (χ1n) is 14.8. The van der Waals surface area contributed by atoms with Crippen LogP contribution >= 0.6 is 0 Å². The minimum atomic E-state index is -2.79. The van der Waals surface area contributed by atoms with Crippen molar-refractivity contribution in [1.82, 2.24) is 15.6 Å². The number of nitrogens with two attached hydrogens (primary N) is 1. The first kappa shape index (κ1) is 33.7. The number of phenolic OH excluding ortho intramolecular Hbond substituents is 1. The largest absolute Gasteiger partial charge is 0.508 e. The lowest BCUT2D eigenvalue weighted by Crippen LogP contribution is -2.64. The molecule has 3 aliphatic carbocycles. The van der Waals surface area contributed by atoms with Crippen molar-refractivity contribution in [2.24, 2.45) is 23.0 Å². The van der Waals surface area contributed by atoms with Crippen molar-refractivity contribution in [1.29, 1.82) is 5.41 Å². The van der Waals surface area contributed by atoms with Crippen LogP contribution in [0.15, 0.2) is 64.3 Å². The molecule has 252 valence electrons. The molecule has 9 N–H and O–H groups in total. The molecule has 4 atom stereocenters. The Labute approximate surface area is 274 Å². The summed E-state index contributed by atoms with van der Waals surface area (Å²) in [5.74, 6) is -1.67. The summed E-state index contributed by atoms with van der Waals surface area (Å²) in [7, 11) is 6.68. The fourth-order valence-corrected chi connectivity index (χ4v) is 6.97. The van der Waals surface area contributed by atoms with Crippen molar-refractivity contribution in [2.45, 2.75) is 31.0 Å². The van der Waals surface area contributed by atoms with Crippen molar-refractivity contribution in [3.63, 3.8) is 0 Å². The van der Waals surface area contributed by atoms with Crippen molar-refractivity contribution < 1.29 is 34.5 Å². The molecular formula is C31H36N10O7. The number of Topliss-reactive ketones (excluding diaryl/α,β-unsaturated/α-hetero) is 2. The summed E-state index contributed by atoms with van der Waals surface area (Å²) < 4.78 is 0. The van der Waals surface area contributed by atoms with E-state index in [9.17, 15) is 29.7 Å². The Bertz CT molecular complexity index is 1820. The SMILES string of the molecule is CN(C)c1cc(NC(=N)NCc2ccccc2)c(O)c2c1C[C@H]1C[C@H]3C(N(C)C)C(ON)=C(C(=O)NN=[N+]=[N-])C(=O)[C@@]3(O)C(O)=C1C2=O. The Hall–Kier alpha value is -5.61. The van der Waals surface area contributed by atoms with Gasteiger partial charge in [-0.25, -0.2) is 4.79 Å². The molecule has 3 aliphatic rings. The summed E-state index contributed by atoms with van der Waals surface area (Å²) in [5.41, 5.74) is 8.41. The quantitative estimate of drug-likeness (QED) is 0.0293. The van der Waals surface area contributed by atoms with Crippen LogP contribution in [0.3, 0.4) is 0 Å². The smallest absolute Gasteiger partial charge is 0.349 e. The predicted molar refractivity (Wildman–Crippen MR) is 173 cm³/mol. The molecule has 0 saturated carbocycles. The fourth-order valence-electron chi connectivity index (χ4n) is 6.97. The molecule has 0 aliphatic heterocycles. The highest BCUT2D eigenvalue weighted by atomic mass is 16.6. The first-order chi connectivity index (χ1) is 22.8. The standard InChI is InChI=1S/C31H36N10O7/c1-40(2)19-12-18(36-30(32)35-13-14-8-6-5-7-9-14)24(42)21-16(19)10-15-11-17-23(41(3)4)26(48-34)22(29(46)37-39-38-33)28(45)31(17,47)27(44)20(15)25(21)43/h5-9,12,15,17,23,42,44,47H,10-11,13,34H2,1-4H3,(H,37,46)(H3,32,35,36)/t15-,17-,23?,31-/m0/s1. The zero-order valence-electron chi connectivity index (χ0n) is 26.6. The number of allylic oxidation sites excluding steroid dienone is 1. The van der Waals surface area contributed by atoms with Gasteiger partial charge >= 0.3 is 5.91 Å². The van der Waals surface area contributed by atoms with E-state index in [0.29, 0.717) is 17.8 Å². The van der Waals surface area contributed by atoms with Gasteiger partial charge in [-0.2, -0.15) is 16.2 Å². The number of nitrogens with zero attached hydrogens (tertiary/aromatic N) is 5. The number of phenols is 1. The van der Waals surface area contributed by atoms with Gasteiger partial charge in [-0.1, -0.05) is 30.3 Å². The maximum Gasteiger partial charge on any atom is 0.349 e. The molecular weight excluding hydrogens is 624 g/mol. The number of aliphatic hydroxyl groups is 2. The zero-order valence-corrected chi connectivity index (χ0v) is 26.6. The number of nitrogens with one attached hydrogen (secondary N) is 4. The number of azide groups is 1. The molecule has 1 amide bonds. The third-order valence-corrected chi connectivity index (χ3v) is 9.04. The van der Waals surface area contributed by atoms with Crippen LogP contribution in [-0.4, -0.2) is 83.5 Å². The topological polar surface area (TPSA) is 262 Å². The van der Waals surface area contributed by atoms with Crippen LogP contribution in [0.2, 0.25) is 0 Å². The van der Waals surface area contributed by atoms with Gasteiger partial charge in [-0.15, -0.1) is 5.53 Å². The molecule has 2 aromatic rings. The van der Waals surface area contributed by atoms with Gasteiger partial charge in [0.15, 0.2) is 34.4 Å². The Morgan fingerprint density at radius 2 is 1.90 bits per heavy atom. The number of benzene rings is 2. The van der Waals surface area contributed by atoms with Crippen LogP contribution in [0.5, 0.6) is 5.75 Å². The average Bonchev–Trinajstić information content (AvgIpc) is 3.05. The first-order valence-corrected chi connectivity index (χ1v) is 14.8. The van der Waals surface area contributed by atoms with E-state index >= 15 is 0 Å². The van der Waals surface area contributed by atoms with Gasteiger partial charge in [-0.05, 0) is 55.3 Å². The summed E-state index contributed by atoms with van der Waals surface area (Å²) in [6, 6.07) is 9.92. The van der Waals surface area contributed by atoms with Crippen LogP contribution in [0.25, 0.3) is 10.4 Å². The second kappa shape index (κ2) is 12.9. The molecule has 5 rings (SSSR count). The zero-order chi connectivity index (χ0) is 35.1. The number of ketones is 2. The van der Waals surface area contributed by atoms with Crippen molar-refractivity contribution in [3.05, 3.63) is 86.2 Å². The fraction of sp³-hybridized carbons (Fsp3) is 0.355. The summed E-state index contributed by atoms with van der Waals surface area (Å²) in [6.07, 6.45) is 0.0919. The number of aliphatic hydroxyl groups excluding tert-OH is 1. The molecule has 0 aromatic heterocycles. The van der Waals surface area contributed by atoms with E-state index in [-0.39, 0.29) is 41.4 Å². The molecule has 1 unspecified atom stereocenters. The van der Waals surface area contributed by atoms with Gasteiger partial charge < -0.3 is 35.7 Å². The summed E-state index contributed by atoms with van der Waals surface area (Å²) >= 11 is 0. The van der Waals surface area contributed by atoms with E-state index in [1.165, 1.54) is 4.90 Å². The van der Waals surface area contributed by atoms with Gasteiger partial charge in [0, 0.05) is 37.8 Å². The Morgan fingerprint density at radius 3 is 2.50 bits per heavy atom. The van der Waals surface area contributed by atoms with E-state index < -0.39 is 58.0 Å². The maximum absolute atomic E-state index is 14.3. The van der Waals surface area contributed by atoms with E-state index in [1.807, 2.05) is 35.8 Å². The third kappa shape index (κ3) is 5.43. The molecule has 17 heteroatoms. The van der Waals surface area contributed by atoms with Crippen LogP contribution in [-0.2, 0) is 27.4 Å². The van der Waals surface area contributed by atoms with Crippen molar-refractivity contribution >= 4 is 34.8 Å². The predicted octanol–water partition coefficient (Wildman–Crippen LogP) is 1.51. The van der Waals surface area contributed by atoms with E-state index in [2.05, 4.69) is 20.8 Å². The lowest BCUT2D eigenvalue weighted by molar-refractivity contribution is -0.149. The summed E-state index contributed by atoms with van der Waals surface area (Å²) in [4.78, 5) is 52.0. The lowest BCUT2D eigenvalue weighted by Gasteiger charge is -2.50. The number of guanidine groups is 1. The highest BCUT2D eigenvalue weighted by Crippen LogP contribution is 2.54. The molecule has 48 heavy (non-hydrogen) atoms. The van der Waals surface area contributed by atoms with Crippen molar-refractivity contribution in [3.8, 4) is 5.75 Å². The minimum Gasteiger partial charge on any atom is -0.508 e. The summed E-state index contributed by atoms with van der Waals surface area (Å²) in [5, 5.41) is 52.4. The van der Waals surface area contributed by atoms with E-state index in [0.717, 1.165) is 5.56 Å².